The van der Waals surface area contributed by atoms with Crippen molar-refractivity contribution in [2.45, 2.75) is 6.42 Å². The van der Waals surface area contributed by atoms with Crippen LogP contribution in [-0.2, 0) is 9.59 Å². The van der Waals surface area contributed by atoms with Crippen LogP contribution < -0.4 is 15.4 Å². The molecule has 1 aromatic carbocycles. The summed E-state index contributed by atoms with van der Waals surface area (Å²) in [5.74, 6) is -0.708. The molecule has 1 heterocycles. The van der Waals surface area contributed by atoms with Crippen molar-refractivity contribution in [3.63, 3.8) is 0 Å². The Hall–Kier alpha value is -2.55. The Balaban J connectivity index is 2.35. The van der Waals surface area contributed by atoms with Crippen LogP contribution in [0.4, 0.5) is 5.69 Å². The number of rotatable bonds is 3. The van der Waals surface area contributed by atoms with Crippen LogP contribution in [0.15, 0.2) is 18.2 Å². The molecule has 0 bridgehead atoms. The van der Waals surface area contributed by atoms with Gasteiger partial charge in [0, 0.05) is 19.0 Å². The Kier molecular flexibility index (Phi) is 3.38. The van der Waals surface area contributed by atoms with Crippen LogP contribution in [0.25, 0.3) is 0 Å². The topological polar surface area (TPSA) is 96.4 Å². The lowest BCUT2D eigenvalue weighted by Crippen LogP contribution is -2.28. The number of ether oxygens (including phenoxy) is 1. The van der Waals surface area contributed by atoms with Crippen molar-refractivity contribution in [1.29, 1.82) is 5.26 Å². The summed E-state index contributed by atoms with van der Waals surface area (Å²) < 4.78 is 5.18. The van der Waals surface area contributed by atoms with Crippen LogP contribution in [0.1, 0.15) is 12.0 Å². The molecule has 6 nitrogen and oxygen atoms in total. The van der Waals surface area contributed by atoms with Gasteiger partial charge in [-0.15, -0.1) is 0 Å². The fraction of sp³-hybridized carbons (Fsp3) is 0.308. The lowest BCUT2D eigenvalue weighted by atomic mass is 10.1. The lowest BCUT2D eigenvalue weighted by molar-refractivity contribution is -0.123. The van der Waals surface area contributed by atoms with Crippen LogP contribution >= 0.6 is 0 Å². The van der Waals surface area contributed by atoms with Gasteiger partial charge in [0.2, 0.25) is 11.8 Å². The monoisotopic (exact) mass is 259 g/mol. The molecule has 0 spiro atoms. The first-order chi connectivity index (χ1) is 9.06. The van der Waals surface area contributed by atoms with Crippen molar-refractivity contribution in [2.75, 3.05) is 18.6 Å². The Labute approximate surface area is 110 Å². The summed E-state index contributed by atoms with van der Waals surface area (Å²) >= 11 is 0. The minimum Gasteiger partial charge on any atom is -0.495 e. The smallest absolute Gasteiger partial charge is 0.227 e. The molecule has 1 aliphatic heterocycles. The molecule has 1 saturated heterocycles. The minimum absolute atomic E-state index is 0.110. The molecule has 1 atom stereocenters. The van der Waals surface area contributed by atoms with E-state index in [2.05, 4.69) is 0 Å². The molecule has 98 valence electrons. The average Bonchev–Trinajstić information content (AvgIpc) is 2.80. The van der Waals surface area contributed by atoms with Crippen LogP contribution in [0.3, 0.4) is 0 Å². The molecule has 0 aromatic heterocycles. The van der Waals surface area contributed by atoms with E-state index < -0.39 is 11.8 Å². The molecule has 1 aliphatic rings. The number of nitrogens with two attached hydrogens (primary N) is 1. The van der Waals surface area contributed by atoms with Crippen molar-refractivity contribution >= 4 is 17.5 Å². The SMILES string of the molecule is COc1cc(C#N)ccc1N1CC(C(N)=O)CC1=O. The standard InChI is InChI=1S/C13H13N3O3/c1-19-11-4-8(6-14)2-3-10(11)16-7-9(13(15)18)5-12(16)17/h2-4,9H,5,7H2,1H3,(H2,15,18). The van der Waals surface area contributed by atoms with Crippen LogP contribution in [0.5, 0.6) is 5.75 Å². The number of hydrogen-bond acceptors (Lipinski definition) is 4. The van der Waals surface area contributed by atoms with Gasteiger partial charge < -0.3 is 15.4 Å². The molecule has 2 rings (SSSR count). The molecule has 0 radical (unpaired) electrons. The van der Waals surface area contributed by atoms with Crippen LogP contribution in [0, 0.1) is 17.2 Å². The third kappa shape index (κ3) is 2.36. The zero-order chi connectivity index (χ0) is 14.0. The average molecular weight is 259 g/mol. The van der Waals surface area contributed by atoms with Crippen LogP contribution in [0.2, 0.25) is 0 Å². The molecule has 0 saturated carbocycles. The maximum atomic E-state index is 11.9. The van der Waals surface area contributed by atoms with Crippen molar-refractivity contribution < 1.29 is 14.3 Å². The number of hydrogen-bond donors (Lipinski definition) is 1. The van der Waals surface area contributed by atoms with Crippen LogP contribution in [-0.4, -0.2) is 25.5 Å². The number of primary amides is 1. The number of nitriles is 1. The molecule has 1 aromatic rings. The molecule has 2 N–H and O–H groups in total. The van der Waals surface area contributed by atoms with Gasteiger partial charge in [0.05, 0.1) is 30.3 Å². The molecule has 1 fully saturated rings. The number of nitrogens with zero attached hydrogens (tertiary/aromatic N) is 2. The molecular formula is C13H13N3O3. The van der Waals surface area contributed by atoms with Gasteiger partial charge in [-0.2, -0.15) is 5.26 Å². The van der Waals surface area contributed by atoms with Crippen molar-refractivity contribution in [1.82, 2.24) is 0 Å². The van der Waals surface area contributed by atoms with Crippen molar-refractivity contribution in [3.8, 4) is 11.8 Å². The van der Waals surface area contributed by atoms with Gasteiger partial charge in [-0.25, -0.2) is 0 Å². The summed E-state index contributed by atoms with van der Waals surface area (Å²) in [6.07, 6.45) is 0.110. The highest BCUT2D eigenvalue weighted by Crippen LogP contribution is 2.33. The number of amides is 2. The van der Waals surface area contributed by atoms with Gasteiger partial charge in [0.1, 0.15) is 5.75 Å². The largest absolute Gasteiger partial charge is 0.495 e. The highest BCUT2D eigenvalue weighted by molar-refractivity contribution is 6.01. The van der Waals surface area contributed by atoms with Gasteiger partial charge in [0.15, 0.2) is 0 Å². The summed E-state index contributed by atoms with van der Waals surface area (Å²) in [5.41, 5.74) is 6.22. The zero-order valence-corrected chi connectivity index (χ0v) is 10.4. The van der Waals surface area contributed by atoms with E-state index in [0.717, 1.165) is 0 Å². The third-order valence-corrected chi connectivity index (χ3v) is 3.13. The number of anilines is 1. The van der Waals surface area contributed by atoms with E-state index in [1.807, 2.05) is 6.07 Å². The number of carbonyl (C=O) groups excluding carboxylic acids is 2. The summed E-state index contributed by atoms with van der Waals surface area (Å²) in [6.45, 7) is 0.246. The highest BCUT2D eigenvalue weighted by Gasteiger charge is 2.35. The van der Waals surface area contributed by atoms with Gasteiger partial charge >= 0.3 is 0 Å². The second-order valence-corrected chi connectivity index (χ2v) is 4.31. The molecular weight excluding hydrogens is 246 g/mol. The Bertz CT molecular complexity index is 577. The quantitative estimate of drug-likeness (QED) is 0.849. The molecule has 2 amide bonds. The van der Waals surface area contributed by atoms with Gasteiger partial charge in [-0.1, -0.05) is 0 Å². The van der Waals surface area contributed by atoms with E-state index in [-0.39, 0.29) is 18.9 Å². The fourth-order valence-electron chi connectivity index (χ4n) is 2.10. The highest BCUT2D eigenvalue weighted by atomic mass is 16.5. The Morgan fingerprint density at radius 2 is 2.32 bits per heavy atom. The summed E-state index contributed by atoms with van der Waals surface area (Å²) in [7, 11) is 1.46. The third-order valence-electron chi connectivity index (χ3n) is 3.13. The van der Waals surface area contributed by atoms with E-state index in [0.29, 0.717) is 17.0 Å². The number of carbonyl (C=O) groups is 2. The first kappa shape index (κ1) is 12.9. The van der Waals surface area contributed by atoms with Gasteiger partial charge in [-0.05, 0) is 12.1 Å². The predicted molar refractivity (Wildman–Crippen MR) is 67.4 cm³/mol. The number of methoxy groups -OCH3 is 1. The zero-order valence-electron chi connectivity index (χ0n) is 10.4. The normalized spacial score (nSPS) is 18.2. The number of benzene rings is 1. The molecule has 19 heavy (non-hydrogen) atoms. The maximum Gasteiger partial charge on any atom is 0.227 e. The Morgan fingerprint density at radius 1 is 1.58 bits per heavy atom. The predicted octanol–water partition coefficient (Wildman–Crippen LogP) is 0.405. The summed E-state index contributed by atoms with van der Waals surface area (Å²) in [4.78, 5) is 24.5. The van der Waals surface area contributed by atoms with E-state index in [1.54, 1.807) is 18.2 Å². The van der Waals surface area contributed by atoms with E-state index in [9.17, 15) is 9.59 Å². The van der Waals surface area contributed by atoms with E-state index in [4.69, 9.17) is 15.7 Å². The fourth-order valence-corrected chi connectivity index (χ4v) is 2.10. The maximum absolute atomic E-state index is 11.9. The van der Waals surface area contributed by atoms with Crippen molar-refractivity contribution in [3.05, 3.63) is 23.8 Å². The molecule has 0 aliphatic carbocycles. The lowest BCUT2D eigenvalue weighted by Gasteiger charge is -2.19. The second-order valence-electron chi connectivity index (χ2n) is 4.31. The summed E-state index contributed by atoms with van der Waals surface area (Å²) in [6, 6.07) is 6.79. The van der Waals surface area contributed by atoms with E-state index in [1.165, 1.54) is 12.0 Å². The first-order valence-corrected chi connectivity index (χ1v) is 5.74. The van der Waals surface area contributed by atoms with Gasteiger partial charge in [-0.3, -0.25) is 9.59 Å². The second kappa shape index (κ2) is 4.98. The van der Waals surface area contributed by atoms with Gasteiger partial charge in [0.25, 0.3) is 0 Å². The molecule has 6 heteroatoms. The van der Waals surface area contributed by atoms with Crippen molar-refractivity contribution in [2.24, 2.45) is 11.7 Å². The first-order valence-electron chi connectivity index (χ1n) is 5.74. The van der Waals surface area contributed by atoms with E-state index >= 15 is 0 Å². The Morgan fingerprint density at radius 3 is 2.84 bits per heavy atom. The molecule has 1 unspecified atom stereocenters. The summed E-state index contributed by atoms with van der Waals surface area (Å²) in [5, 5.41) is 8.83. The minimum atomic E-state index is -0.483.